The van der Waals surface area contributed by atoms with Crippen molar-refractivity contribution in [3.8, 4) is 0 Å². The van der Waals surface area contributed by atoms with Gasteiger partial charge in [0.2, 0.25) is 0 Å². The van der Waals surface area contributed by atoms with Crippen molar-refractivity contribution in [2.75, 3.05) is 0 Å². The molecule has 1 atom stereocenters. The fraction of sp³-hybridized carbons (Fsp3) is 0.900. The Balaban J connectivity index is 1.49. The average Bonchev–Trinajstić information content (AvgIpc) is 2.89. The van der Waals surface area contributed by atoms with Gasteiger partial charge in [-0.3, -0.25) is 0 Å². The Kier molecular flexibility index (Phi) is 7.17. The third-order valence-corrected chi connectivity index (χ3v) is 6.04. The lowest BCUT2D eigenvalue weighted by Gasteiger charge is -2.32. The number of rotatable bonds is 10. The predicted molar refractivity (Wildman–Crippen MR) is 89.9 cm³/mol. The van der Waals surface area contributed by atoms with Gasteiger partial charge in [0.1, 0.15) is 0 Å². The summed E-state index contributed by atoms with van der Waals surface area (Å²) >= 11 is 0. The van der Waals surface area contributed by atoms with Crippen LogP contribution in [0.1, 0.15) is 96.8 Å². The van der Waals surface area contributed by atoms with Crippen molar-refractivity contribution in [1.82, 2.24) is 0 Å². The summed E-state index contributed by atoms with van der Waals surface area (Å²) in [5, 5.41) is 0. The normalized spacial score (nSPS) is 21.9. The molecule has 2 fully saturated rings. The molecule has 0 amide bonds. The van der Waals surface area contributed by atoms with Gasteiger partial charge in [0.05, 0.1) is 0 Å². The maximum absolute atomic E-state index is 4.42. The van der Waals surface area contributed by atoms with Gasteiger partial charge in [0.25, 0.3) is 0 Å². The van der Waals surface area contributed by atoms with Gasteiger partial charge < -0.3 is 0 Å². The number of unbranched alkanes of at least 4 members (excludes halogenated alkanes) is 3. The van der Waals surface area contributed by atoms with Gasteiger partial charge >= 0.3 is 0 Å². The van der Waals surface area contributed by atoms with Crippen LogP contribution in [0.2, 0.25) is 0 Å². The number of hydrogen-bond acceptors (Lipinski definition) is 0. The number of allylic oxidation sites excluding steroid dienone is 1. The van der Waals surface area contributed by atoms with Crippen LogP contribution in [0, 0.1) is 17.8 Å². The van der Waals surface area contributed by atoms with Gasteiger partial charge in [0, 0.05) is 0 Å². The van der Waals surface area contributed by atoms with Crippen molar-refractivity contribution in [3.05, 3.63) is 12.2 Å². The summed E-state index contributed by atoms with van der Waals surface area (Å²) < 4.78 is 0. The zero-order chi connectivity index (χ0) is 14.2. The molecule has 0 radical (unpaired) electrons. The van der Waals surface area contributed by atoms with E-state index in [1.807, 2.05) is 0 Å². The monoisotopic (exact) mass is 276 g/mol. The van der Waals surface area contributed by atoms with Gasteiger partial charge in [0.15, 0.2) is 0 Å². The first-order valence-electron chi connectivity index (χ1n) is 9.50. The van der Waals surface area contributed by atoms with E-state index in [1.165, 1.54) is 89.9 Å². The molecule has 0 aromatic carbocycles. The van der Waals surface area contributed by atoms with Crippen molar-refractivity contribution in [1.29, 1.82) is 0 Å². The molecule has 0 nitrogen and oxygen atoms in total. The van der Waals surface area contributed by atoms with Crippen LogP contribution in [0.25, 0.3) is 0 Å². The van der Waals surface area contributed by atoms with E-state index in [0.29, 0.717) is 0 Å². The van der Waals surface area contributed by atoms with Crippen molar-refractivity contribution >= 4 is 0 Å². The SMILES string of the molecule is C=C(C(CC)CCCCCCC1CCCC1)C1CCC1. The van der Waals surface area contributed by atoms with E-state index in [2.05, 4.69) is 13.5 Å². The van der Waals surface area contributed by atoms with Crippen molar-refractivity contribution in [2.45, 2.75) is 96.8 Å². The van der Waals surface area contributed by atoms with Gasteiger partial charge in [-0.2, -0.15) is 0 Å². The van der Waals surface area contributed by atoms with Crippen LogP contribution in [0.4, 0.5) is 0 Å². The summed E-state index contributed by atoms with van der Waals surface area (Å²) in [5.74, 6) is 2.81. The lowest BCUT2D eigenvalue weighted by atomic mass is 9.74. The highest BCUT2D eigenvalue weighted by atomic mass is 14.3. The molecule has 0 heterocycles. The fourth-order valence-electron chi connectivity index (χ4n) is 4.24. The van der Waals surface area contributed by atoms with Crippen LogP contribution in [-0.2, 0) is 0 Å². The minimum absolute atomic E-state index is 0.829. The molecule has 1 unspecified atom stereocenters. The highest BCUT2D eigenvalue weighted by molar-refractivity contribution is 5.08. The van der Waals surface area contributed by atoms with Gasteiger partial charge in [-0.1, -0.05) is 83.3 Å². The summed E-state index contributed by atoms with van der Waals surface area (Å²) in [5.41, 5.74) is 1.60. The Morgan fingerprint density at radius 1 is 0.950 bits per heavy atom. The maximum Gasteiger partial charge on any atom is -0.0203 e. The standard InChI is InChI=1S/C20H36/c1-3-19(17(2)20-15-10-16-20)14-7-5-4-6-11-18-12-8-9-13-18/h18-20H,2-16H2,1H3. The van der Waals surface area contributed by atoms with Crippen molar-refractivity contribution in [2.24, 2.45) is 17.8 Å². The van der Waals surface area contributed by atoms with E-state index in [1.54, 1.807) is 5.57 Å². The summed E-state index contributed by atoms with van der Waals surface area (Å²) in [6.07, 6.45) is 20.5. The van der Waals surface area contributed by atoms with Crippen molar-refractivity contribution < 1.29 is 0 Å². The molecule has 0 bridgehead atoms. The van der Waals surface area contributed by atoms with E-state index < -0.39 is 0 Å². The Morgan fingerprint density at radius 2 is 1.65 bits per heavy atom. The maximum atomic E-state index is 4.42. The van der Waals surface area contributed by atoms with E-state index >= 15 is 0 Å². The van der Waals surface area contributed by atoms with E-state index in [0.717, 1.165) is 17.8 Å². The minimum atomic E-state index is 0.829. The average molecular weight is 277 g/mol. The lowest BCUT2D eigenvalue weighted by molar-refractivity contribution is 0.323. The first-order chi connectivity index (χ1) is 9.81. The molecule has 2 aliphatic rings. The minimum Gasteiger partial charge on any atom is -0.0993 e. The summed E-state index contributed by atoms with van der Waals surface area (Å²) in [7, 11) is 0. The Morgan fingerprint density at radius 3 is 2.25 bits per heavy atom. The van der Waals surface area contributed by atoms with Crippen LogP contribution in [-0.4, -0.2) is 0 Å². The number of hydrogen-bond donors (Lipinski definition) is 0. The second-order valence-electron chi connectivity index (χ2n) is 7.45. The zero-order valence-corrected chi connectivity index (χ0v) is 13.8. The highest BCUT2D eigenvalue weighted by Crippen LogP contribution is 2.38. The molecule has 0 aromatic rings. The zero-order valence-electron chi connectivity index (χ0n) is 13.8. The fourth-order valence-corrected chi connectivity index (χ4v) is 4.24. The Hall–Kier alpha value is -0.260. The van der Waals surface area contributed by atoms with Gasteiger partial charge in [-0.15, -0.1) is 0 Å². The third-order valence-electron chi connectivity index (χ3n) is 6.04. The van der Waals surface area contributed by atoms with E-state index in [-0.39, 0.29) is 0 Å². The molecule has 2 rings (SSSR count). The molecule has 0 saturated heterocycles. The highest BCUT2D eigenvalue weighted by Gasteiger charge is 2.24. The summed E-state index contributed by atoms with van der Waals surface area (Å²) in [6, 6.07) is 0. The molecular formula is C20H36. The molecule has 2 saturated carbocycles. The molecule has 116 valence electrons. The predicted octanol–water partition coefficient (Wildman–Crippen LogP) is 6.90. The first kappa shape index (κ1) is 16.1. The van der Waals surface area contributed by atoms with Crippen LogP contribution >= 0.6 is 0 Å². The van der Waals surface area contributed by atoms with Crippen LogP contribution in [0.15, 0.2) is 12.2 Å². The summed E-state index contributed by atoms with van der Waals surface area (Å²) in [6.45, 7) is 6.77. The summed E-state index contributed by atoms with van der Waals surface area (Å²) in [4.78, 5) is 0. The molecule has 0 aliphatic heterocycles. The topological polar surface area (TPSA) is 0 Å². The van der Waals surface area contributed by atoms with Crippen LogP contribution in [0.3, 0.4) is 0 Å². The van der Waals surface area contributed by atoms with E-state index in [4.69, 9.17) is 0 Å². The quantitative estimate of drug-likeness (QED) is 0.301. The smallest absolute Gasteiger partial charge is 0.0203 e. The largest absolute Gasteiger partial charge is 0.0993 e. The van der Waals surface area contributed by atoms with E-state index in [9.17, 15) is 0 Å². The molecule has 20 heavy (non-hydrogen) atoms. The third kappa shape index (κ3) is 4.93. The lowest BCUT2D eigenvalue weighted by Crippen LogP contribution is -2.18. The van der Waals surface area contributed by atoms with Crippen molar-refractivity contribution in [3.63, 3.8) is 0 Å². The molecule has 2 aliphatic carbocycles. The van der Waals surface area contributed by atoms with Gasteiger partial charge in [-0.05, 0) is 43.4 Å². The Bertz CT molecular complexity index is 268. The Labute approximate surface area is 127 Å². The first-order valence-corrected chi connectivity index (χ1v) is 9.50. The molecular weight excluding hydrogens is 240 g/mol. The molecule has 0 aromatic heterocycles. The van der Waals surface area contributed by atoms with Crippen LogP contribution in [0.5, 0.6) is 0 Å². The second kappa shape index (κ2) is 8.90. The second-order valence-corrected chi connectivity index (χ2v) is 7.45. The van der Waals surface area contributed by atoms with Gasteiger partial charge in [-0.25, -0.2) is 0 Å². The van der Waals surface area contributed by atoms with Crippen LogP contribution < -0.4 is 0 Å². The molecule has 0 N–H and O–H groups in total. The molecule has 0 spiro atoms. The molecule has 0 heteroatoms.